The molecular formula is C14H26N4. The van der Waals surface area contributed by atoms with Crippen LogP contribution in [0.4, 0.5) is 11.6 Å². The molecule has 1 rings (SSSR count). The van der Waals surface area contributed by atoms with E-state index in [4.69, 9.17) is 5.73 Å². The fourth-order valence-corrected chi connectivity index (χ4v) is 1.59. The molecule has 1 aromatic rings. The first kappa shape index (κ1) is 14.7. The van der Waals surface area contributed by atoms with Gasteiger partial charge in [0.15, 0.2) is 0 Å². The van der Waals surface area contributed by atoms with Crippen molar-refractivity contribution in [1.29, 1.82) is 0 Å². The number of nitrogens with two attached hydrogens (primary N) is 1. The molecule has 0 saturated carbocycles. The molecule has 0 fully saturated rings. The van der Waals surface area contributed by atoms with Crippen molar-refractivity contribution < 1.29 is 0 Å². The van der Waals surface area contributed by atoms with Gasteiger partial charge in [-0.1, -0.05) is 41.0 Å². The fourth-order valence-electron chi connectivity index (χ4n) is 1.59. The van der Waals surface area contributed by atoms with Crippen LogP contribution in [0.25, 0.3) is 0 Å². The van der Waals surface area contributed by atoms with Crippen LogP contribution in [-0.4, -0.2) is 16.5 Å². The largest absolute Gasteiger partial charge is 0.383 e. The van der Waals surface area contributed by atoms with Crippen LogP contribution >= 0.6 is 0 Å². The number of anilines is 2. The maximum absolute atomic E-state index is 5.92. The van der Waals surface area contributed by atoms with E-state index in [-0.39, 0.29) is 5.41 Å². The third-order valence-electron chi connectivity index (χ3n) is 3.75. The average molecular weight is 250 g/mol. The first-order chi connectivity index (χ1) is 8.38. The van der Waals surface area contributed by atoms with E-state index < -0.39 is 0 Å². The Bertz CT molecular complexity index is 385. The summed E-state index contributed by atoms with van der Waals surface area (Å²) in [6, 6.07) is 0. The number of hydrogen-bond acceptors (Lipinski definition) is 4. The van der Waals surface area contributed by atoms with E-state index >= 15 is 0 Å². The van der Waals surface area contributed by atoms with Gasteiger partial charge in [-0.2, -0.15) is 0 Å². The minimum atomic E-state index is 0.225. The summed E-state index contributed by atoms with van der Waals surface area (Å²) in [4.78, 5) is 8.38. The number of rotatable bonds is 6. The Labute approximate surface area is 110 Å². The van der Waals surface area contributed by atoms with E-state index in [1.54, 1.807) is 0 Å². The second kappa shape index (κ2) is 6.03. The topological polar surface area (TPSA) is 63.8 Å². The highest BCUT2D eigenvalue weighted by Gasteiger charge is 2.22. The van der Waals surface area contributed by atoms with Crippen LogP contribution < -0.4 is 11.1 Å². The Morgan fingerprint density at radius 1 is 1.33 bits per heavy atom. The monoisotopic (exact) mass is 250 g/mol. The normalized spacial score (nSPS) is 11.9. The first-order valence-electron chi connectivity index (χ1n) is 6.71. The summed E-state index contributed by atoms with van der Waals surface area (Å²) in [5, 5.41) is 3.43. The zero-order chi connectivity index (χ0) is 13.8. The predicted octanol–water partition coefficient (Wildman–Crippen LogP) is 3.11. The van der Waals surface area contributed by atoms with Crippen LogP contribution in [0.2, 0.25) is 0 Å². The van der Waals surface area contributed by atoms with E-state index in [2.05, 4.69) is 49.9 Å². The summed E-state index contributed by atoms with van der Waals surface area (Å²) in [7, 11) is 0. The molecule has 0 aromatic carbocycles. The molecule has 0 saturated heterocycles. The summed E-state index contributed by atoms with van der Waals surface area (Å²) in [6.45, 7) is 12.0. The fraction of sp³-hybridized carbons (Fsp3) is 0.714. The van der Waals surface area contributed by atoms with E-state index in [9.17, 15) is 0 Å². The smallest absolute Gasteiger partial charge is 0.134 e. The van der Waals surface area contributed by atoms with Gasteiger partial charge in [-0.25, -0.2) is 9.97 Å². The Kier molecular flexibility index (Phi) is 4.93. The van der Waals surface area contributed by atoms with Crippen LogP contribution in [0, 0.1) is 11.3 Å². The summed E-state index contributed by atoms with van der Waals surface area (Å²) in [5.74, 6) is 2.09. The molecule has 0 atom stereocenters. The van der Waals surface area contributed by atoms with Gasteiger partial charge in [-0.15, -0.1) is 0 Å². The van der Waals surface area contributed by atoms with Crippen LogP contribution in [-0.2, 0) is 6.42 Å². The van der Waals surface area contributed by atoms with Crippen LogP contribution in [0.3, 0.4) is 0 Å². The molecule has 102 valence electrons. The highest BCUT2D eigenvalue weighted by molar-refractivity contribution is 5.55. The molecule has 0 aliphatic heterocycles. The molecule has 3 N–H and O–H groups in total. The van der Waals surface area contributed by atoms with Crippen molar-refractivity contribution >= 4 is 11.6 Å². The first-order valence-corrected chi connectivity index (χ1v) is 6.71. The maximum atomic E-state index is 5.92. The van der Waals surface area contributed by atoms with Gasteiger partial charge in [0.2, 0.25) is 0 Å². The molecule has 1 aromatic heterocycles. The quantitative estimate of drug-likeness (QED) is 0.814. The molecule has 4 heteroatoms. The van der Waals surface area contributed by atoms with Gasteiger partial charge in [-0.05, 0) is 17.8 Å². The average Bonchev–Trinajstić information content (AvgIpc) is 2.30. The molecule has 0 aliphatic carbocycles. The van der Waals surface area contributed by atoms with Crippen molar-refractivity contribution in [2.75, 3.05) is 17.6 Å². The lowest BCUT2D eigenvalue weighted by Crippen LogP contribution is -2.29. The van der Waals surface area contributed by atoms with E-state index in [0.717, 1.165) is 30.8 Å². The minimum absolute atomic E-state index is 0.225. The van der Waals surface area contributed by atoms with Gasteiger partial charge in [0, 0.05) is 12.1 Å². The highest BCUT2D eigenvalue weighted by Crippen LogP contribution is 2.27. The van der Waals surface area contributed by atoms with Crippen molar-refractivity contribution in [2.45, 2.75) is 47.5 Å². The number of hydrogen-bond donors (Lipinski definition) is 2. The van der Waals surface area contributed by atoms with Crippen molar-refractivity contribution in [1.82, 2.24) is 9.97 Å². The number of aromatic nitrogens is 2. The lowest BCUT2D eigenvalue weighted by molar-refractivity contribution is 0.269. The molecular weight excluding hydrogens is 224 g/mol. The summed E-state index contributed by atoms with van der Waals surface area (Å²) in [6.07, 6.45) is 3.48. The predicted molar refractivity (Wildman–Crippen MR) is 77.5 cm³/mol. The minimum Gasteiger partial charge on any atom is -0.383 e. The van der Waals surface area contributed by atoms with Crippen molar-refractivity contribution in [3.8, 4) is 0 Å². The van der Waals surface area contributed by atoms with Crippen molar-refractivity contribution in [3.05, 3.63) is 11.9 Å². The summed E-state index contributed by atoms with van der Waals surface area (Å²) >= 11 is 0. The third-order valence-corrected chi connectivity index (χ3v) is 3.75. The van der Waals surface area contributed by atoms with Crippen LogP contribution in [0.5, 0.6) is 0 Å². The zero-order valence-electron chi connectivity index (χ0n) is 12.2. The van der Waals surface area contributed by atoms with Crippen molar-refractivity contribution in [2.24, 2.45) is 11.3 Å². The van der Waals surface area contributed by atoms with Gasteiger partial charge in [0.05, 0.1) is 0 Å². The number of nitrogen functional groups attached to an aromatic ring is 1. The molecule has 1 heterocycles. The molecule has 0 unspecified atom stereocenters. The summed E-state index contributed by atoms with van der Waals surface area (Å²) < 4.78 is 0. The molecule has 0 radical (unpaired) electrons. The number of nitrogens with zero attached hydrogens (tertiary/aromatic N) is 2. The maximum Gasteiger partial charge on any atom is 0.134 e. The van der Waals surface area contributed by atoms with E-state index in [0.29, 0.717) is 11.7 Å². The second-order valence-electron chi connectivity index (χ2n) is 5.83. The van der Waals surface area contributed by atoms with Gasteiger partial charge in [0.1, 0.15) is 18.0 Å². The SMILES string of the molecule is CCCc1c(N)ncnc1NCC(C)(C)C(C)C. The molecule has 0 spiro atoms. The van der Waals surface area contributed by atoms with Crippen LogP contribution in [0.1, 0.15) is 46.6 Å². The Morgan fingerprint density at radius 3 is 2.56 bits per heavy atom. The standard InChI is InChI=1S/C14H26N4/c1-6-7-11-12(15)17-9-18-13(11)16-8-14(4,5)10(2)3/h9-10H,6-8H2,1-5H3,(H3,15,16,17,18). The summed E-state index contributed by atoms with van der Waals surface area (Å²) in [5.41, 5.74) is 7.18. The molecule has 0 amide bonds. The third kappa shape index (κ3) is 3.59. The lowest BCUT2D eigenvalue weighted by Gasteiger charge is -2.30. The van der Waals surface area contributed by atoms with Gasteiger partial charge in [0.25, 0.3) is 0 Å². The number of nitrogens with one attached hydrogen (secondary N) is 1. The highest BCUT2D eigenvalue weighted by atomic mass is 15.0. The molecule has 18 heavy (non-hydrogen) atoms. The Morgan fingerprint density at radius 2 is 2.00 bits per heavy atom. The van der Waals surface area contributed by atoms with E-state index in [1.165, 1.54) is 6.33 Å². The Balaban J connectivity index is 2.82. The van der Waals surface area contributed by atoms with Gasteiger partial charge < -0.3 is 11.1 Å². The van der Waals surface area contributed by atoms with E-state index in [1.807, 2.05) is 0 Å². The molecule has 0 aliphatic rings. The Hall–Kier alpha value is -1.32. The van der Waals surface area contributed by atoms with Crippen molar-refractivity contribution in [3.63, 3.8) is 0 Å². The molecule has 4 nitrogen and oxygen atoms in total. The molecule has 0 bridgehead atoms. The zero-order valence-corrected chi connectivity index (χ0v) is 12.2. The second-order valence-corrected chi connectivity index (χ2v) is 5.83. The van der Waals surface area contributed by atoms with Gasteiger partial charge in [-0.3, -0.25) is 0 Å². The van der Waals surface area contributed by atoms with Crippen LogP contribution in [0.15, 0.2) is 6.33 Å². The van der Waals surface area contributed by atoms with Gasteiger partial charge >= 0.3 is 0 Å². The lowest BCUT2D eigenvalue weighted by atomic mass is 9.81.